The molecule has 2 aliphatic rings. The third-order valence-electron chi connectivity index (χ3n) is 5.32. The van der Waals surface area contributed by atoms with E-state index in [0.29, 0.717) is 25.9 Å². The van der Waals surface area contributed by atoms with Crippen molar-refractivity contribution in [2.45, 2.75) is 51.5 Å². The normalized spacial score (nSPS) is 18.2. The van der Waals surface area contributed by atoms with E-state index in [2.05, 4.69) is 11.4 Å². The Morgan fingerprint density at radius 2 is 1.92 bits per heavy atom. The molecule has 1 saturated carbocycles. The molecular formula is C21H28N2O2. The first-order valence-electron chi connectivity index (χ1n) is 9.37. The van der Waals surface area contributed by atoms with Crippen molar-refractivity contribution in [2.75, 3.05) is 13.6 Å². The topological polar surface area (TPSA) is 49.4 Å². The van der Waals surface area contributed by atoms with Gasteiger partial charge in [-0.15, -0.1) is 0 Å². The Kier molecular flexibility index (Phi) is 5.57. The molecule has 0 aliphatic heterocycles. The number of hydrogen-bond acceptors (Lipinski definition) is 2. The summed E-state index contributed by atoms with van der Waals surface area (Å²) in [6, 6.07) is 9.89. The van der Waals surface area contributed by atoms with Gasteiger partial charge in [0.1, 0.15) is 5.41 Å². The summed E-state index contributed by atoms with van der Waals surface area (Å²) in [6.45, 7) is 1.18. The minimum atomic E-state index is -0.815. The maximum Gasteiger partial charge on any atom is 0.238 e. The minimum absolute atomic E-state index is 0.0502. The summed E-state index contributed by atoms with van der Waals surface area (Å²) in [5, 5.41) is 3.01. The lowest BCUT2D eigenvalue weighted by atomic mass is 9.97. The van der Waals surface area contributed by atoms with Crippen LogP contribution in [0.3, 0.4) is 0 Å². The van der Waals surface area contributed by atoms with Crippen molar-refractivity contribution in [1.29, 1.82) is 0 Å². The van der Waals surface area contributed by atoms with E-state index in [-0.39, 0.29) is 11.8 Å². The third kappa shape index (κ3) is 4.30. The Morgan fingerprint density at radius 1 is 1.16 bits per heavy atom. The average Bonchev–Trinajstić information content (AvgIpc) is 3.45. The van der Waals surface area contributed by atoms with Crippen LogP contribution in [-0.4, -0.2) is 30.3 Å². The summed E-state index contributed by atoms with van der Waals surface area (Å²) in [7, 11) is 1.79. The van der Waals surface area contributed by atoms with Gasteiger partial charge in [0.2, 0.25) is 11.8 Å². The Labute approximate surface area is 150 Å². The predicted octanol–water partition coefficient (Wildman–Crippen LogP) is 3.43. The monoisotopic (exact) mass is 340 g/mol. The van der Waals surface area contributed by atoms with Crippen LogP contribution in [0.2, 0.25) is 0 Å². The van der Waals surface area contributed by atoms with E-state index in [9.17, 15) is 9.59 Å². The van der Waals surface area contributed by atoms with Gasteiger partial charge < -0.3 is 10.2 Å². The van der Waals surface area contributed by atoms with Crippen LogP contribution in [0, 0.1) is 5.41 Å². The molecule has 0 bridgehead atoms. The van der Waals surface area contributed by atoms with Gasteiger partial charge in [-0.25, -0.2) is 0 Å². The van der Waals surface area contributed by atoms with Gasteiger partial charge in [0.25, 0.3) is 0 Å². The highest BCUT2D eigenvalue weighted by Gasteiger charge is 2.57. The lowest BCUT2D eigenvalue weighted by molar-refractivity contribution is -0.143. The Hall–Kier alpha value is -2.10. The number of nitrogens with one attached hydrogen (secondary N) is 1. The molecule has 1 aromatic rings. The zero-order valence-corrected chi connectivity index (χ0v) is 15.1. The fraction of sp³-hybridized carbons (Fsp3) is 0.524. The molecule has 1 aromatic carbocycles. The number of carbonyl (C=O) groups excluding carboxylic acids is 2. The van der Waals surface area contributed by atoms with E-state index < -0.39 is 5.41 Å². The van der Waals surface area contributed by atoms with E-state index in [1.807, 2.05) is 30.3 Å². The van der Waals surface area contributed by atoms with Crippen molar-refractivity contribution in [3.63, 3.8) is 0 Å². The van der Waals surface area contributed by atoms with Crippen LogP contribution in [0.25, 0.3) is 0 Å². The predicted molar refractivity (Wildman–Crippen MR) is 98.8 cm³/mol. The van der Waals surface area contributed by atoms with Crippen LogP contribution in [0.5, 0.6) is 0 Å². The number of amides is 2. The van der Waals surface area contributed by atoms with E-state index in [4.69, 9.17) is 0 Å². The highest BCUT2D eigenvalue weighted by molar-refractivity contribution is 6.07. The SMILES string of the molecule is CN(Cc1ccccc1)C(=O)C1(C(=O)NCCC2=CCCCC2)CC1. The van der Waals surface area contributed by atoms with Crippen molar-refractivity contribution in [3.05, 3.63) is 47.5 Å². The molecule has 0 unspecified atom stereocenters. The standard InChI is InChI=1S/C21H28N2O2/c1-23(16-18-10-6-3-7-11-18)20(25)21(13-14-21)19(24)22-15-12-17-8-4-2-5-9-17/h3,6-8,10-11H,2,4-5,9,12-16H2,1H3,(H,22,24). The maximum atomic E-state index is 12.8. The molecule has 0 radical (unpaired) electrons. The summed E-state index contributed by atoms with van der Waals surface area (Å²) in [6.07, 6.45) is 9.40. The van der Waals surface area contributed by atoms with Crippen LogP contribution >= 0.6 is 0 Å². The minimum Gasteiger partial charge on any atom is -0.355 e. The van der Waals surface area contributed by atoms with Crippen molar-refractivity contribution in [2.24, 2.45) is 5.41 Å². The van der Waals surface area contributed by atoms with Gasteiger partial charge in [-0.1, -0.05) is 42.0 Å². The van der Waals surface area contributed by atoms with Crippen molar-refractivity contribution in [1.82, 2.24) is 10.2 Å². The molecule has 25 heavy (non-hydrogen) atoms. The lowest BCUT2D eigenvalue weighted by Crippen LogP contribution is -2.43. The van der Waals surface area contributed by atoms with Crippen molar-refractivity contribution < 1.29 is 9.59 Å². The number of rotatable bonds is 7. The molecule has 1 N–H and O–H groups in total. The molecule has 2 aliphatic carbocycles. The zero-order chi connectivity index (χ0) is 17.7. The fourth-order valence-electron chi connectivity index (χ4n) is 3.59. The van der Waals surface area contributed by atoms with Gasteiger partial charge in [-0.05, 0) is 50.5 Å². The van der Waals surface area contributed by atoms with Gasteiger partial charge in [0.15, 0.2) is 0 Å². The largest absolute Gasteiger partial charge is 0.355 e. The molecule has 0 spiro atoms. The highest BCUT2D eigenvalue weighted by atomic mass is 16.2. The van der Waals surface area contributed by atoms with Crippen LogP contribution in [0.4, 0.5) is 0 Å². The van der Waals surface area contributed by atoms with Crippen LogP contribution in [-0.2, 0) is 16.1 Å². The second kappa shape index (κ2) is 7.85. The molecule has 4 heteroatoms. The summed E-state index contributed by atoms with van der Waals surface area (Å²) in [4.78, 5) is 27.1. The Morgan fingerprint density at radius 3 is 2.56 bits per heavy atom. The second-order valence-corrected chi connectivity index (χ2v) is 7.34. The zero-order valence-electron chi connectivity index (χ0n) is 15.1. The summed E-state index contributed by atoms with van der Waals surface area (Å²) < 4.78 is 0. The number of carbonyl (C=O) groups is 2. The molecular weight excluding hydrogens is 312 g/mol. The van der Waals surface area contributed by atoms with Gasteiger partial charge in [0, 0.05) is 20.1 Å². The Bertz CT molecular complexity index is 647. The number of allylic oxidation sites excluding steroid dienone is 1. The highest BCUT2D eigenvalue weighted by Crippen LogP contribution is 2.47. The van der Waals surface area contributed by atoms with Gasteiger partial charge in [0.05, 0.1) is 0 Å². The van der Waals surface area contributed by atoms with Gasteiger partial charge in [-0.3, -0.25) is 9.59 Å². The van der Waals surface area contributed by atoms with E-state index in [1.165, 1.54) is 18.4 Å². The Balaban J connectivity index is 1.50. The molecule has 4 nitrogen and oxygen atoms in total. The summed E-state index contributed by atoms with van der Waals surface area (Å²) >= 11 is 0. The van der Waals surface area contributed by atoms with Gasteiger partial charge in [-0.2, -0.15) is 0 Å². The fourth-order valence-corrected chi connectivity index (χ4v) is 3.59. The first-order valence-corrected chi connectivity index (χ1v) is 9.37. The molecule has 0 aromatic heterocycles. The lowest BCUT2D eigenvalue weighted by Gasteiger charge is -2.23. The molecule has 1 fully saturated rings. The van der Waals surface area contributed by atoms with Crippen LogP contribution in [0.1, 0.15) is 50.5 Å². The average molecular weight is 340 g/mol. The van der Waals surface area contributed by atoms with E-state index in [1.54, 1.807) is 11.9 Å². The van der Waals surface area contributed by atoms with Crippen LogP contribution < -0.4 is 5.32 Å². The molecule has 0 atom stereocenters. The van der Waals surface area contributed by atoms with Gasteiger partial charge >= 0.3 is 0 Å². The summed E-state index contributed by atoms with van der Waals surface area (Å²) in [5.41, 5.74) is 1.72. The smallest absolute Gasteiger partial charge is 0.238 e. The van der Waals surface area contributed by atoms with Crippen molar-refractivity contribution in [3.8, 4) is 0 Å². The van der Waals surface area contributed by atoms with Crippen LogP contribution in [0.15, 0.2) is 42.0 Å². The second-order valence-electron chi connectivity index (χ2n) is 7.34. The first-order chi connectivity index (χ1) is 12.1. The summed E-state index contributed by atoms with van der Waals surface area (Å²) in [5.74, 6) is -0.139. The van der Waals surface area contributed by atoms with E-state index in [0.717, 1.165) is 24.8 Å². The quantitative estimate of drug-likeness (QED) is 0.611. The van der Waals surface area contributed by atoms with Crippen molar-refractivity contribution >= 4 is 11.8 Å². The number of benzene rings is 1. The number of nitrogens with zero attached hydrogens (tertiary/aromatic N) is 1. The molecule has 0 saturated heterocycles. The third-order valence-corrected chi connectivity index (χ3v) is 5.32. The maximum absolute atomic E-state index is 12.8. The van der Waals surface area contributed by atoms with E-state index >= 15 is 0 Å². The number of hydrogen-bond donors (Lipinski definition) is 1. The first kappa shape index (κ1) is 17.7. The molecule has 0 heterocycles. The molecule has 3 rings (SSSR count). The molecule has 134 valence electrons. The molecule has 2 amide bonds.